The van der Waals surface area contributed by atoms with E-state index in [1.54, 1.807) is 29.0 Å². The highest BCUT2D eigenvalue weighted by atomic mass is 16.3. The quantitative estimate of drug-likeness (QED) is 0.434. The monoisotopic (exact) mass is 468 g/mol. The molecule has 2 aromatic carbocycles. The number of phenols is 1. The van der Waals surface area contributed by atoms with Gasteiger partial charge in [0.05, 0.1) is 16.6 Å². The van der Waals surface area contributed by atoms with Gasteiger partial charge in [-0.25, -0.2) is 0 Å². The number of hydrogen-bond donors (Lipinski definition) is 2. The van der Waals surface area contributed by atoms with Crippen molar-refractivity contribution in [2.75, 3.05) is 20.1 Å². The van der Waals surface area contributed by atoms with Gasteiger partial charge >= 0.3 is 0 Å². The second-order valence-electron chi connectivity index (χ2n) is 9.79. The summed E-state index contributed by atoms with van der Waals surface area (Å²) in [6, 6.07) is 15.6. The van der Waals surface area contributed by atoms with Crippen molar-refractivity contribution in [1.29, 1.82) is 0 Å². The molecule has 6 nitrogen and oxygen atoms in total. The van der Waals surface area contributed by atoms with E-state index in [1.165, 1.54) is 24.0 Å². The molecule has 2 aromatic heterocycles. The molecule has 4 aromatic rings. The normalized spacial score (nSPS) is 15.8. The van der Waals surface area contributed by atoms with E-state index in [0.29, 0.717) is 29.2 Å². The fourth-order valence-electron chi connectivity index (χ4n) is 5.28. The smallest absolute Gasteiger partial charge is 0.264 e. The summed E-state index contributed by atoms with van der Waals surface area (Å²) in [7, 11) is 2.12. The SMILES string of the molecule is Cc1cc(C)cc(-c2cnc3ccn(-c4cccc(O)c4)c(=O)c3c2CN(C)C[C@@H]2CCCN2)c1. The minimum Gasteiger partial charge on any atom is -0.508 e. The van der Waals surface area contributed by atoms with E-state index < -0.39 is 0 Å². The number of aromatic hydroxyl groups is 1. The van der Waals surface area contributed by atoms with Crippen LogP contribution in [-0.4, -0.2) is 45.7 Å². The van der Waals surface area contributed by atoms with Crippen LogP contribution in [0.3, 0.4) is 0 Å². The summed E-state index contributed by atoms with van der Waals surface area (Å²) in [6.07, 6.45) is 6.03. The van der Waals surface area contributed by atoms with Gasteiger partial charge in [-0.2, -0.15) is 0 Å². The number of aryl methyl sites for hydroxylation is 2. The van der Waals surface area contributed by atoms with Crippen molar-refractivity contribution in [2.24, 2.45) is 0 Å². The van der Waals surface area contributed by atoms with Crippen molar-refractivity contribution in [2.45, 2.75) is 39.3 Å². The summed E-state index contributed by atoms with van der Waals surface area (Å²) >= 11 is 0. The Kier molecular flexibility index (Phi) is 6.41. The Labute approximate surface area is 205 Å². The van der Waals surface area contributed by atoms with Gasteiger partial charge in [0.1, 0.15) is 5.75 Å². The molecule has 0 bridgehead atoms. The Morgan fingerprint density at radius 2 is 1.94 bits per heavy atom. The Bertz CT molecular complexity index is 1420. The minimum absolute atomic E-state index is 0.126. The van der Waals surface area contributed by atoms with Crippen LogP contribution in [0.2, 0.25) is 0 Å². The van der Waals surface area contributed by atoms with E-state index in [4.69, 9.17) is 4.98 Å². The molecule has 1 atom stereocenters. The largest absolute Gasteiger partial charge is 0.508 e. The van der Waals surface area contributed by atoms with Crippen LogP contribution in [-0.2, 0) is 6.54 Å². The number of nitrogens with one attached hydrogen (secondary N) is 1. The third kappa shape index (κ3) is 4.85. The molecule has 1 aliphatic heterocycles. The first-order chi connectivity index (χ1) is 16.9. The maximum absolute atomic E-state index is 13.9. The number of likely N-dealkylation sites (N-methyl/N-ethyl adjacent to an activating group) is 1. The lowest BCUT2D eigenvalue weighted by Crippen LogP contribution is -2.35. The lowest BCUT2D eigenvalue weighted by molar-refractivity contribution is 0.294. The number of aromatic nitrogens is 2. The van der Waals surface area contributed by atoms with Gasteiger partial charge in [0.15, 0.2) is 0 Å². The Morgan fingerprint density at radius 1 is 1.14 bits per heavy atom. The van der Waals surface area contributed by atoms with Crippen molar-refractivity contribution >= 4 is 10.9 Å². The first kappa shape index (κ1) is 23.3. The summed E-state index contributed by atoms with van der Waals surface area (Å²) in [5, 5.41) is 14.2. The molecule has 0 unspecified atom stereocenters. The molecule has 1 aliphatic rings. The molecule has 0 spiro atoms. The summed E-state index contributed by atoms with van der Waals surface area (Å²) in [4.78, 5) is 20.9. The zero-order chi connectivity index (χ0) is 24.5. The zero-order valence-corrected chi connectivity index (χ0v) is 20.6. The van der Waals surface area contributed by atoms with Crippen LogP contribution in [0.1, 0.15) is 29.5 Å². The third-order valence-electron chi connectivity index (χ3n) is 6.79. The van der Waals surface area contributed by atoms with Gasteiger partial charge in [-0.3, -0.25) is 14.3 Å². The number of benzene rings is 2. The van der Waals surface area contributed by atoms with E-state index in [-0.39, 0.29) is 11.3 Å². The van der Waals surface area contributed by atoms with Gasteiger partial charge in [-0.1, -0.05) is 35.4 Å². The molecule has 0 radical (unpaired) electrons. The molecule has 35 heavy (non-hydrogen) atoms. The summed E-state index contributed by atoms with van der Waals surface area (Å²) in [6.45, 7) is 6.82. The number of rotatable bonds is 6. The van der Waals surface area contributed by atoms with Gasteiger partial charge in [0.25, 0.3) is 5.56 Å². The molecule has 2 N–H and O–H groups in total. The topological polar surface area (TPSA) is 70.4 Å². The zero-order valence-electron chi connectivity index (χ0n) is 20.6. The molecular weight excluding hydrogens is 436 g/mol. The average molecular weight is 469 g/mol. The highest BCUT2D eigenvalue weighted by molar-refractivity contribution is 5.88. The van der Waals surface area contributed by atoms with Crippen LogP contribution < -0.4 is 10.9 Å². The van der Waals surface area contributed by atoms with Crippen molar-refractivity contribution < 1.29 is 5.11 Å². The van der Waals surface area contributed by atoms with Gasteiger partial charge in [-0.05, 0) is 69.6 Å². The second kappa shape index (κ2) is 9.64. The van der Waals surface area contributed by atoms with Crippen molar-refractivity contribution in [3.8, 4) is 22.6 Å². The Morgan fingerprint density at radius 3 is 2.66 bits per heavy atom. The van der Waals surface area contributed by atoms with E-state index in [0.717, 1.165) is 29.8 Å². The van der Waals surface area contributed by atoms with Crippen LogP contribution in [0.4, 0.5) is 0 Å². The van der Waals surface area contributed by atoms with Crippen molar-refractivity contribution in [1.82, 2.24) is 19.8 Å². The molecule has 180 valence electrons. The number of hydrogen-bond acceptors (Lipinski definition) is 5. The van der Waals surface area contributed by atoms with Gasteiger partial charge in [0.2, 0.25) is 0 Å². The molecule has 6 heteroatoms. The Hall–Kier alpha value is -3.48. The number of fused-ring (bicyclic) bond motifs is 1. The van der Waals surface area contributed by atoms with Crippen molar-refractivity contribution in [3.05, 3.63) is 88.0 Å². The highest BCUT2D eigenvalue weighted by Gasteiger charge is 2.20. The minimum atomic E-state index is -0.130. The number of nitrogens with zero attached hydrogens (tertiary/aromatic N) is 3. The van der Waals surface area contributed by atoms with Crippen molar-refractivity contribution in [3.63, 3.8) is 0 Å². The van der Waals surface area contributed by atoms with Crippen LogP contribution >= 0.6 is 0 Å². The first-order valence-corrected chi connectivity index (χ1v) is 12.2. The summed E-state index contributed by atoms with van der Waals surface area (Å²) in [5.74, 6) is 0.126. The summed E-state index contributed by atoms with van der Waals surface area (Å²) in [5.41, 5.74) is 6.59. The highest BCUT2D eigenvalue weighted by Crippen LogP contribution is 2.30. The fourth-order valence-corrected chi connectivity index (χ4v) is 5.28. The molecule has 3 heterocycles. The molecule has 1 saturated heterocycles. The van der Waals surface area contributed by atoms with Gasteiger partial charge < -0.3 is 15.3 Å². The van der Waals surface area contributed by atoms with E-state index in [2.05, 4.69) is 49.3 Å². The maximum atomic E-state index is 13.9. The number of phenolic OH excluding ortho intramolecular Hbond substituents is 1. The third-order valence-corrected chi connectivity index (χ3v) is 6.79. The maximum Gasteiger partial charge on any atom is 0.264 e. The lowest BCUT2D eigenvalue weighted by Gasteiger charge is -2.23. The van der Waals surface area contributed by atoms with Crippen LogP contribution in [0, 0.1) is 13.8 Å². The predicted molar refractivity (Wildman–Crippen MR) is 141 cm³/mol. The molecule has 1 fully saturated rings. The first-order valence-electron chi connectivity index (χ1n) is 12.2. The molecular formula is C29H32N4O2. The predicted octanol–water partition coefficient (Wildman–Crippen LogP) is 4.56. The molecule has 0 saturated carbocycles. The fraction of sp³-hybridized carbons (Fsp3) is 0.310. The standard InChI is InChI=1S/C29H32N4O2/c1-19-12-20(2)14-21(13-19)25-16-31-27-9-11-33(23-7-4-8-24(34)15-23)29(35)28(27)26(25)18-32(3)17-22-6-5-10-30-22/h4,7-9,11-16,22,30,34H,5-6,10,17-18H2,1-3H3/t22-/m0/s1. The molecule has 0 aliphatic carbocycles. The van der Waals surface area contributed by atoms with E-state index in [9.17, 15) is 9.90 Å². The van der Waals surface area contributed by atoms with Crippen LogP contribution in [0.25, 0.3) is 27.7 Å². The van der Waals surface area contributed by atoms with Crippen LogP contribution in [0.5, 0.6) is 5.75 Å². The lowest BCUT2D eigenvalue weighted by atomic mass is 9.95. The van der Waals surface area contributed by atoms with E-state index >= 15 is 0 Å². The second-order valence-corrected chi connectivity index (χ2v) is 9.79. The Balaban J connectivity index is 1.70. The average Bonchev–Trinajstić information content (AvgIpc) is 3.31. The molecule has 0 amide bonds. The van der Waals surface area contributed by atoms with E-state index in [1.807, 2.05) is 18.3 Å². The van der Waals surface area contributed by atoms with Crippen LogP contribution in [0.15, 0.2) is 65.7 Å². The number of pyridine rings is 2. The van der Waals surface area contributed by atoms with Gasteiger partial charge in [0, 0.05) is 43.2 Å². The molecule has 5 rings (SSSR count). The summed E-state index contributed by atoms with van der Waals surface area (Å²) < 4.78 is 1.59. The van der Waals surface area contributed by atoms with Gasteiger partial charge in [-0.15, -0.1) is 0 Å².